The van der Waals surface area contributed by atoms with E-state index in [0.29, 0.717) is 0 Å². The third-order valence-electron chi connectivity index (χ3n) is 1.43. The average molecular weight is 168 g/mol. The first-order valence-electron chi connectivity index (χ1n) is 3.31. The summed E-state index contributed by atoms with van der Waals surface area (Å²) in [5, 5.41) is 0. The largest absolute Gasteiger partial charge is 0.612 e. The van der Waals surface area contributed by atoms with Gasteiger partial charge in [-0.15, -0.1) is 0 Å². The standard InChI is InChI=1S/C8H10NOS/c1-11(10)8-4-2-3-7(5-8)6-9/h2-5,9H,6H2,1H3. The maximum Gasteiger partial charge on any atom is 0.152 e. The Hall–Kier alpha value is -0.510. The van der Waals surface area contributed by atoms with Crippen molar-refractivity contribution in [2.45, 2.75) is 11.4 Å². The van der Waals surface area contributed by atoms with Crippen molar-refractivity contribution >= 4 is 11.2 Å². The third-order valence-corrected chi connectivity index (χ3v) is 2.35. The van der Waals surface area contributed by atoms with E-state index in [2.05, 4.69) is 0 Å². The van der Waals surface area contributed by atoms with Gasteiger partial charge in [0.2, 0.25) is 0 Å². The molecule has 0 fully saturated rings. The Morgan fingerprint density at radius 2 is 2.27 bits per heavy atom. The fourth-order valence-electron chi connectivity index (χ4n) is 0.834. The monoisotopic (exact) mass is 168 g/mol. The van der Waals surface area contributed by atoms with Crippen LogP contribution in [-0.4, -0.2) is 10.8 Å². The van der Waals surface area contributed by atoms with Gasteiger partial charge in [-0.25, -0.2) is 0 Å². The maximum absolute atomic E-state index is 11.0. The summed E-state index contributed by atoms with van der Waals surface area (Å²) in [4.78, 5) is 0.801. The normalized spacial score (nSPS) is 13.0. The van der Waals surface area contributed by atoms with Crippen LogP contribution in [0.5, 0.6) is 0 Å². The lowest BCUT2D eigenvalue weighted by molar-refractivity contribution is 0.600. The molecule has 0 aromatic heterocycles. The molecule has 0 aliphatic rings. The van der Waals surface area contributed by atoms with Crippen LogP contribution < -0.4 is 5.73 Å². The predicted octanol–water partition coefficient (Wildman–Crippen LogP) is 1.21. The molecule has 0 aliphatic heterocycles. The van der Waals surface area contributed by atoms with E-state index >= 15 is 0 Å². The molecule has 2 nitrogen and oxygen atoms in total. The highest BCUT2D eigenvalue weighted by Gasteiger charge is 2.02. The number of hydrogen-bond donors (Lipinski definition) is 0. The Morgan fingerprint density at radius 3 is 2.82 bits per heavy atom. The third kappa shape index (κ3) is 2.22. The molecule has 0 heterocycles. The molecule has 1 unspecified atom stereocenters. The van der Waals surface area contributed by atoms with E-state index in [4.69, 9.17) is 5.73 Å². The molecule has 0 amide bonds. The first-order chi connectivity index (χ1) is 5.24. The molecule has 3 heteroatoms. The van der Waals surface area contributed by atoms with Gasteiger partial charge in [0.25, 0.3) is 0 Å². The number of nitrogens with one attached hydrogen (secondary N) is 1. The molecule has 0 bridgehead atoms. The Bertz CT molecular complexity index is 237. The summed E-state index contributed by atoms with van der Waals surface area (Å²) in [6.45, 7) is 0.255. The van der Waals surface area contributed by atoms with Crippen LogP contribution in [0.4, 0.5) is 0 Å². The van der Waals surface area contributed by atoms with Gasteiger partial charge in [-0.1, -0.05) is 12.1 Å². The fourth-order valence-corrected chi connectivity index (χ4v) is 1.42. The summed E-state index contributed by atoms with van der Waals surface area (Å²) < 4.78 is 11.0. The average Bonchev–Trinajstić information content (AvgIpc) is 2.05. The fraction of sp³-hybridized carbons (Fsp3) is 0.250. The van der Waals surface area contributed by atoms with Gasteiger partial charge in [-0.2, -0.15) is 0 Å². The van der Waals surface area contributed by atoms with Crippen LogP contribution in [0, 0.1) is 0 Å². The van der Waals surface area contributed by atoms with Gasteiger partial charge in [0.05, 0.1) is 0 Å². The van der Waals surface area contributed by atoms with Crippen molar-refractivity contribution < 1.29 is 4.55 Å². The predicted molar refractivity (Wildman–Crippen MR) is 45.6 cm³/mol. The Morgan fingerprint density at radius 1 is 1.55 bits per heavy atom. The summed E-state index contributed by atoms with van der Waals surface area (Å²) in [5.74, 6) is 0. The van der Waals surface area contributed by atoms with Crippen molar-refractivity contribution in [1.29, 1.82) is 0 Å². The minimum atomic E-state index is -0.924. The first kappa shape index (κ1) is 8.59. The molecule has 59 valence electrons. The number of hydrogen-bond acceptors (Lipinski definition) is 1. The second-order valence-electron chi connectivity index (χ2n) is 2.28. The summed E-state index contributed by atoms with van der Waals surface area (Å²) in [5.41, 5.74) is 8.00. The van der Waals surface area contributed by atoms with Crippen molar-refractivity contribution in [1.82, 2.24) is 5.73 Å². The van der Waals surface area contributed by atoms with Gasteiger partial charge in [0.1, 0.15) is 6.26 Å². The second-order valence-corrected chi connectivity index (χ2v) is 3.66. The minimum Gasteiger partial charge on any atom is -0.612 e. The lowest BCUT2D eigenvalue weighted by Crippen LogP contribution is -1.97. The van der Waals surface area contributed by atoms with Crippen LogP contribution in [0.1, 0.15) is 5.56 Å². The Labute approximate surface area is 69.6 Å². The van der Waals surface area contributed by atoms with Crippen molar-refractivity contribution in [3.63, 3.8) is 0 Å². The molecule has 0 saturated heterocycles. The van der Waals surface area contributed by atoms with Crippen LogP contribution in [-0.2, 0) is 17.7 Å². The van der Waals surface area contributed by atoms with E-state index in [-0.39, 0.29) is 6.54 Å². The summed E-state index contributed by atoms with van der Waals surface area (Å²) in [6.07, 6.45) is 1.64. The van der Waals surface area contributed by atoms with Gasteiger partial charge in [-0.3, -0.25) is 5.73 Å². The zero-order valence-electron chi connectivity index (χ0n) is 6.33. The lowest BCUT2D eigenvalue weighted by Gasteiger charge is -2.04. The van der Waals surface area contributed by atoms with Crippen LogP contribution >= 0.6 is 0 Å². The Kier molecular flexibility index (Phi) is 2.93. The van der Waals surface area contributed by atoms with Crippen molar-refractivity contribution in [2.24, 2.45) is 0 Å². The molecule has 1 atom stereocenters. The zero-order valence-corrected chi connectivity index (χ0v) is 7.15. The summed E-state index contributed by atoms with van der Waals surface area (Å²) in [7, 11) is 0. The molecule has 1 aromatic rings. The van der Waals surface area contributed by atoms with Crippen molar-refractivity contribution in [3.8, 4) is 0 Å². The van der Waals surface area contributed by atoms with E-state index < -0.39 is 11.2 Å². The molecule has 0 saturated carbocycles. The highest BCUT2D eigenvalue weighted by atomic mass is 32.2. The van der Waals surface area contributed by atoms with Crippen molar-refractivity contribution in [2.75, 3.05) is 6.26 Å². The van der Waals surface area contributed by atoms with E-state index in [1.54, 1.807) is 6.26 Å². The van der Waals surface area contributed by atoms with Gasteiger partial charge in [0, 0.05) is 6.54 Å². The first-order valence-corrected chi connectivity index (χ1v) is 4.87. The topological polar surface area (TPSA) is 46.9 Å². The second kappa shape index (κ2) is 3.76. The van der Waals surface area contributed by atoms with Crippen LogP contribution in [0.25, 0.3) is 0 Å². The highest BCUT2D eigenvalue weighted by molar-refractivity contribution is 7.90. The van der Waals surface area contributed by atoms with Crippen LogP contribution in [0.15, 0.2) is 29.2 Å². The molecule has 11 heavy (non-hydrogen) atoms. The molecule has 0 spiro atoms. The SMILES string of the molecule is C[S+]([O-])c1cccc(C[NH])c1. The molecule has 0 aliphatic carbocycles. The molecule has 1 N–H and O–H groups in total. The van der Waals surface area contributed by atoms with Gasteiger partial charge in [0.15, 0.2) is 4.90 Å². The molecular weight excluding hydrogens is 158 g/mol. The van der Waals surface area contributed by atoms with Gasteiger partial charge >= 0.3 is 0 Å². The van der Waals surface area contributed by atoms with E-state index in [1.165, 1.54) is 0 Å². The van der Waals surface area contributed by atoms with E-state index in [0.717, 1.165) is 10.5 Å². The van der Waals surface area contributed by atoms with E-state index in [1.807, 2.05) is 24.3 Å². The van der Waals surface area contributed by atoms with E-state index in [9.17, 15) is 4.55 Å². The highest BCUT2D eigenvalue weighted by Crippen LogP contribution is 2.10. The molecule has 1 radical (unpaired) electrons. The zero-order chi connectivity index (χ0) is 8.27. The summed E-state index contributed by atoms with van der Waals surface area (Å²) in [6, 6.07) is 7.32. The quantitative estimate of drug-likeness (QED) is 0.612. The number of benzene rings is 1. The smallest absolute Gasteiger partial charge is 0.152 e. The molecule has 1 rings (SSSR count). The molecular formula is C8H10NOS. The minimum absolute atomic E-state index is 0.255. The van der Waals surface area contributed by atoms with Crippen LogP contribution in [0.3, 0.4) is 0 Å². The maximum atomic E-state index is 11.0. The van der Waals surface area contributed by atoms with Gasteiger partial charge in [-0.05, 0) is 28.9 Å². The summed E-state index contributed by atoms with van der Waals surface area (Å²) >= 11 is -0.924. The van der Waals surface area contributed by atoms with Gasteiger partial charge < -0.3 is 4.55 Å². The number of rotatable bonds is 2. The van der Waals surface area contributed by atoms with Crippen LogP contribution in [0.2, 0.25) is 0 Å². The van der Waals surface area contributed by atoms with Crippen molar-refractivity contribution in [3.05, 3.63) is 29.8 Å². The Balaban J connectivity index is 2.91. The molecule has 1 aromatic carbocycles. The lowest BCUT2D eigenvalue weighted by atomic mass is 10.2.